The highest BCUT2D eigenvalue weighted by Crippen LogP contribution is 2.13. The van der Waals surface area contributed by atoms with Crippen molar-refractivity contribution in [3.8, 4) is 0 Å². The van der Waals surface area contributed by atoms with E-state index >= 15 is 0 Å². The quantitative estimate of drug-likeness (QED) is 0.693. The molecule has 0 radical (unpaired) electrons. The van der Waals surface area contributed by atoms with E-state index in [2.05, 4.69) is 39.8 Å². The number of nitrogens with one attached hydrogen (secondary N) is 2. The van der Waals surface area contributed by atoms with Gasteiger partial charge in [0, 0.05) is 32.3 Å². The third kappa shape index (κ3) is 5.73. The monoisotopic (exact) mass is 291 g/mol. The van der Waals surface area contributed by atoms with E-state index in [1.54, 1.807) is 0 Å². The van der Waals surface area contributed by atoms with Gasteiger partial charge in [-0.25, -0.2) is 4.79 Å². The van der Waals surface area contributed by atoms with Crippen molar-refractivity contribution in [1.29, 1.82) is 0 Å². The fourth-order valence-electron chi connectivity index (χ4n) is 2.68. The van der Waals surface area contributed by atoms with Crippen molar-refractivity contribution in [1.82, 2.24) is 15.5 Å². The molecular weight excluding hydrogens is 266 g/mol. The third-order valence-corrected chi connectivity index (χ3v) is 3.71. The van der Waals surface area contributed by atoms with E-state index in [0.717, 1.165) is 32.5 Å². The van der Waals surface area contributed by atoms with E-state index in [9.17, 15) is 4.79 Å². The molecule has 1 aromatic rings. The molecule has 21 heavy (non-hydrogen) atoms. The van der Waals surface area contributed by atoms with Crippen LogP contribution in [0.5, 0.6) is 0 Å². The number of benzene rings is 1. The van der Waals surface area contributed by atoms with Crippen LogP contribution in [0.3, 0.4) is 0 Å². The van der Waals surface area contributed by atoms with Crippen LogP contribution in [0.15, 0.2) is 30.3 Å². The van der Waals surface area contributed by atoms with Gasteiger partial charge in [-0.05, 0) is 31.4 Å². The molecule has 0 aromatic heterocycles. The van der Waals surface area contributed by atoms with Crippen LogP contribution < -0.4 is 10.6 Å². The van der Waals surface area contributed by atoms with Crippen molar-refractivity contribution in [2.24, 2.45) is 0 Å². The maximum absolute atomic E-state index is 11.7. The average molecular weight is 291 g/mol. The standard InChI is InChI=1S/C16H25N3O2/c20-11-5-9-17-16(21)18-15-8-4-10-19(13-15)12-14-6-2-1-3-7-14/h1-3,6-7,15,20H,4-5,8-13H2,(H2,17,18,21). The number of hydrogen-bond acceptors (Lipinski definition) is 3. The fourth-order valence-corrected chi connectivity index (χ4v) is 2.68. The Morgan fingerprint density at radius 2 is 2.14 bits per heavy atom. The summed E-state index contributed by atoms with van der Waals surface area (Å²) in [4.78, 5) is 14.1. The lowest BCUT2D eigenvalue weighted by molar-refractivity contribution is 0.180. The number of rotatable bonds is 6. The Morgan fingerprint density at radius 3 is 2.90 bits per heavy atom. The van der Waals surface area contributed by atoms with Gasteiger partial charge in [0.15, 0.2) is 0 Å². The number of amides is 2. The molecule has 1 unspecified atom stereocenters. The van der Waals surface area contributed by atoms with Gasteiger partial charge in [-0.15, -0.1) is 0 Å². The maximum atomic E-state index is 11.7. The number of piperidine rings is 1. The molecular formula is C16H25N3O2. The Morgan fingerprint density at radius 1 is 1.33 bits per heavy atom. The molecule has 2 rings (SSSR count). The molecule has 0 bridgehead atoms. The molecule has 1 fully saturated rings. The number of urea groups is 1. The van der Waals surface area contributed by atoms with E-state index in [1.165, 1.54) is 5.56 Å². The van der Waals surface area contributed by atoms with E-state index in [-0.39, 0.29) is 18.7 Å². The van der Waals surface area contributed by atoms with Crippen LogP contribution in [0, 0.1) is 0 Å². The minimum Gasteiger partial charge on any atom is -0.396 e. The fraction of sp³-hybridized carbons (Fsp3) is 0.562. The number of likely N-dealkylation sites (tertiary alicyclic amines) is 1. The van der Waals surface area contributed by atoms with Gasteiger partial charge in [0.05, 0.1) is 0 Å². The van der Waals surface area contributed by atoms with Crippen molar-refractivity contribution in [2.45, 2.75) is 31.8 Å². The van der Waals surface area contributed by atoms with Crippen molar-refractivity contribution in [3.63, 3.8) is 0 Å². The topological polar surface area (TPSA) is 64.6 Å². The third-order valence-electron chi connectivity index (χ3n) is 3.71. The summed E-state index contributed by atoms with van der Waals surface area (Å²) in [6.07, 6.45) is 2.73. The van der Waals surface area contributed by atoms with E-state index in [0.29, 0.717) is 13.0 Å². The summed E-state index contributed by atoms with van der Waals surface area (Å²) >= 11 is 0. The Kier molecular flexibility index (Phi) is 6.50. The molecule has 5 nitrogen and oxygen atoms in total. The second kappa shape index (κ2) is 8.64. The van der Waals surface area contributed by atoms with E-state index in [4.69, 9.17) is 5.11 Å². The van der Waals surface area contributed by atoms with Crippen LogP contribution in [0.4, 0.5) is 4.79 Å². The smallest absolute Gasteiger partial charge is 0.315 e. The summed E-state index contributed by atoms with van der Waals surface area (Å²) in [5.41, 5.74) is 1.31. The molecule has 2 amide bonds. The molecule has 1 aromatic carbocycles. The number of carbonyl (C=O) groups is 1. The van der Waals surface area contributed by atoms with Crippen LogP contribution in [0.1, 0.15) is 24.8 Å². The molecule has 1 saturated heterocycles. The maximum Gasteiger partial charge on any atom is 0.315 e. The summed E-state index contributed by atoms with van der Waals surface area (Å²) in [7, 11) is 0. The second-order valence-corrected chi connectivity index (χ2v) is 5.54. The Bertz CT molecular complexity index is 425. The van der Waals surface area contributed by atoms with Gasteiger partial charge in [0.25, 0.3) is 0 Å². The van der Waals surface area contributed by atoms with Crippen molar-refractivity contribution in [2.75, 3.05) is 26.2 Å². The second-order valence-electron chi connectivity index (χ2n) is 5.54. The minimum atomic E-state index is -0.130. The summed E-state index contributed by atoms with van der Waals surface area (Å²) in [6.45, 7) is 3.53. The van der Waals surface area contributed by atoms with E-state index < -0.39 is 0 Å². The summed E-state index contributed by atoms with van der Waals surface area (Å²) < 4.78 is 0. The molecule has 116 valence electrons. The first-order chi connectivity index (χ1) is 10.3. The summed E-state index contributed by atoms with van der Waals surface area (Å²) in [5.74, 6) is 0. The number of nitrogens with zero attached hydrogens (tertiary/aromatic N) is 1. The number of carbonyl (C=O) groups excluding carboxylic acids is 1. The molecule has 1 aliphatic rings. The zero-order valence-electron chi connectivity index (χ0n) is 12.4. The van der Waals surface area contributed by atoms with Crippen LogP contribution in [0.25, 0.3) is 0 Å². The van der Waals surface area contributed by atoms with E-state index in [1.807, 2.05) is 6.07 Å². The zero-order valence-corrected chi connectivity index (χ0v) is 12.4. The first-order valence-corrected chi connectivity index (χ1v) is 7.69. The van der Waals surface area contributed by atoms with Crippen LogP contribution in [-0.2, 0) is 6.54 Å². The summed E-state index contributed by atoms with van der Waals surface area (Å²) in [6, 6.07) is 10.5. The van der Waals surface area contributed by atoms with Crippen molar-refractivity contribution >= 4 is 6.03 Å². The lowest BCUT2D eigenvalue weighted by atomic mass is 10.0. The van der Waals surface area contributed by atoms with Gasteiger partial charge in [0.1, 0.15) is 0 Å². The van der Waals surface area contributed by atoms with Gasteiger partial charge in [-0.2, -0.15) is 0 Å². The molecule has 3 N–H and O–H groups in total. The normalized spacial score (nSPS) is 19.2. The SMILES string of the molecule is O=C(NCCCO)NC1CCCN(Cc2ccccc2)C1. The molecule has 5 heteroatoms. The average Bonchev–Trinajstić information content (AvgIpc) is 2.49. The van der Waals surface area contributed by atoms with Gasteiger partial charge >= 0.3 is 6.03 Å². The Hall–Kier alpha value is -1.59. The first-order valence-electron chi connectivity index (χ1n) is 7.69. The lowest BCUT2D eigenvalue weighted by Crippen LogP contribution is -2.50. The predicted molar refractivity (Wildman–Crippen MR) is 83.0 cm³/mol. The molecule has 1 atom stereocenters. The van der Waals surface area contributed by atoms with Crippen LogP contribution >= 0.6 is 0 Å². The predicted octanol–water partition coefficient (Wildman–Crippen LogP) is 1.33. The van der Waals surface area contributed by atoms with Gasteiger partial charge < -0.3 is 15.7 Å². The van der Waals surface area contributed by atoms with Crippen LogP contribution in [-0.4, -0.2) is 48.3 Å². The molecule has 0 aliphatic carbocycles. The highest BCUT2D eigenvalue weighted by molar-refractivity contribution is 5.74. The lowest BCUT2D eigenvalue weighted by Gasteiger charge is -2.33. The molecule has 0 spiro atoms. The highest BCUT2D eigenvalue weighted by Gasteiger charge is 2.21. The number of aliphatic hydroxyl groups is 1. The minimum absolute atomic E-state index is 0.106. The van der Waals surface area contributed by atoms with Gasteiger partial charge in [-0.1, -0.05) is 30.3 Å². The Balaban J connectivity index is 1.74. The molecule has 0 saturated carbocycles. The van der Waals surface area contributed by atoms with Crippen LogP contribution in [0.2, 0.25) is 0 Å². The highest BCUT2D eigenvalue weighted by atomic mass is 16.3. The largest absolute Gasteiger partial charge is 0.396 e. The van der Waals surface area contributed by atoms with Crippen molar-refractivity contribution in [3.05, 3.63) is 35.9 Å². The van der Waals surface area contributed by atoms with Gasteiger partial charge in [-0.3, -0.25) is 4.90 Å². The summed E-state index contributed by atoms with van der Waals surface area (Å²) in [5, 5.41) is 14.5. The van der Waals surface area contributed by atoms with Gasteiger partial charge in [0.2, 0.25) is 0 Å². The Labute approximate surface area is 126 Å². The molecule has 1 heterocycles. The first kappa shape index (κ1) is 15.8. The zero-order chi connectivity index (χ0) is 14.9. The number of aliphatic hydroxyl groups excluding tert-OH is 1. The number of hydrogen-bond donors (Lipinski definition) is 3. The molecule has 1 aliphatic heterocycles. The van der Waals surface area contributed by atoms with Crippen molar-refractivity contribution < 1.29 is 9.90 Å².